The van der Waals surface area contributed by atoms with Gasteiger partial charge in [0.15, 0.2) is 5.78 Å². The van der Waals surface area contributed by atoms with Crippen LogP contribution in [0.15, 0.2) is 48.7 Å². The Hall–Kier alpha value is -2.69. The summed E-state index contributed by atoms with van der Waals surface area (Å²) in [6.45, 7) is 2.51. The number of pyridine rings is 1. The Morgan fingerprint density at radius 3 is 2.50 bits per heavy atom. The number of ketones is 1. The third kappa shape index (κ3) is 5.01. The highest BCUT2D eigenvalue weighted by molar-refractivity contribution is 5.94. The summed E-state index contributed by atoms with van der Waals surface area (Å²) in [6, 6.07) is 12.8. The molecule has 0 saturated carbocycles. The maximum absolute atomic E-state index is 11.7. The van der Waals surface area contributed by atoms with E-state index >= 15 is 0 Å². The van der Waals surface area contributed by atoms with Crippen LogP contribution in [0.5, 0.6) is 0 Å². The Labute approximate surface area is 129 Å². The van der Waals surface area contributed by atoms with Gasteiger partial charge in [-0.15, -0.1) is 0 Å². The van der Waals surface area contributed by atoms with E-state index in [4.69, 9.17) is 0 Å². The van der Waals surface area contributed by atoms with E-state index in [1.54, 1.807) is 18.3 Å². The summed E-state index contributed by atoms with van der Waals surface area (Å²) < 4.78 is 0. The van der Waals surface area contributed by atoms with Crippen LogP contribution < -0.4 is 10.6 Å². The second-order valence-electron chi connectivity index (χ2n) is 4.91. The lowest BCUT2D eigenvalue weighted by Crippen LogP contribution is -2.25. The lowest BCUT2D eigenvalue weighted by atomic mass is 10.1. The molecule has 0 bridgehead atoms. The number of nitrogens with zero attached hydrogens (tertiary/aromatic N) is 1. The zero-order valence-electron chi connectivity index (χ0n) is 12.5. The Morgan fingerprint density at radius 2 is 1.86 bits per heavy atom. The fraction of sp³-hybridized carbons (Fsp3) is 0.235. The molecule has 1 heterocycles. The van der Waals surface area contributed by atoms with Crippen LogP contribution in [0.25, 0.3) is 0 Å². The molecule has 0 atom stereocenters. The van der Waals surface area contributed by atoms with Crippen LogP contribution >= 0.6 is 0 Å². The van der Waals surface area contributed by atoms with E-state index < -0.39 is 0 Å². The number of carbonyl (C=O) groups is 2. The Morgan fingerprint density at radius 1 is 1.09 bits per heavy atom. The number of nitrogens with one attached hydrogen (secondary N) is 2. The molecule has 1 amide bonds. The zero-order valence-corrected chi connectivity index (χ0v) is 12.5. The van der Waals surface area contributed by atoms with Gasteiger partial charge in [0.05, 0.1) is 12.2 Å². The molecule has 0 saturated heterocycles. The monoisotopic (exact) mass is 297 g/mol. The maximum Gasteiger partial charge on any atom is 0.222 e. The van der Waals surface area contributed by atoms with Crippen molar-refractivity contribution in [3.8, 4) is 0 Å². The Bertz CT molecular complexity index is 624. The first-order chi connectivity index (χ1) is 10.6. The number of hydrogen-bond acceptors (Lipinski definition) is 4. The summed E-state index contributed by atoms with van der Waals surface area (Å²) in [7, 11) is 0. The first-order valence-electron chi connectivity index (χ1n) is 7.16. The summed E-state index contributed by atoms with van der Waals surface area (Å²) in [6.07, 6.45) is 2.08. The molecule has 0 aliphatic heterocycles. The van der Waals surface area contributed by atoms with Gasteiger partial charge in [0.25, 0.3) is 0 Å². The van der Waals surface area contributed by atoms with Gasteiger partial charge < -0.3 is 10.6 Å². The molecule has 0 fully saturated rings. The summed E-state index contributed by atoms with van der Waals surface area (Å²) in [5, 5.41) is 5.98. The third-order valence-corrected chi connectivity index (χ3v) is 3.17. The van der Waals surface area contributed by atoms with Crippen LogP contribution in [0.4, 0.5) is 5.69 Å². The lowest BCUT2D eigenvalue weighted by molar-refractivity contribution is -0.121. The summed E-state index contributed by atoms with van der Waals surface area (Å²) in [5.41, 5.74) is 2.41. The van der Waals surface area contributed by atoms with Gasteiger partial charge >= 0.3 is 0 Å². The highest BCUT2D eigenvalue weighted by Crippen LogP contribution is 2.09. The maximum atomic E-state index is 11.7. The van der Waals surface area contributed by atoms with Crippen molar-refractivity contribution in [2.24, 2.45) is 0 Å². The minimum atomic E-state index is -0.0292. The van der Waals surface area contributed by atoms with Crippen molar-refractivity contribution in [3.05, 3.63) is 59.9 Å². The van der Waals surface area contributed by atoms with Gasteiger partial charge in [-0.05, 0) is 43.3 Å². The molecule has 5 heteroatoms. The van der Waals surface area contributed by atoms with Gasteiger partial charge in [-0.25, -0.2) is 0 Å². The van der Waals surface area contributed by atoms with Crippen molar-refractivity contribution in [1.82, 2.24) is 10.3 Å². The van der Waals surface area contributed by atoms with E-state index in [-0.39, 0.29) is 11.7 Å². The highest BCUT2D eigenvalue weighted by atomic mass is 16.1. The van der Waals surface area contributed by atoms with Gasteiger partial charge in [-0.1, -0.05) is 6.07 Å². The molecule has 0 aliphatic rings. The average molecular weight is 297 g/mol. The molecular formula is C17H19N3O2. The first-order valence-corrected chi connectivity index (χ1v) is 7.16. The van der Waals surface area contributed by atoms with Gasteiger partial charge in [0, 0.05) is 30.4 Å². The predicted molar refractivity (Wildman–Crippen MR) is 85.6 cm³/mol. The van der Waals surface area contributed by atoms with Crippen molar-refractivity contribution in [3.63, 3.8) is 0 Å². The van der Waals surface area contributed by atoms with Gasteiger partial charge in [0.1, 0.15) is 0 Å². The quantitative estimate of drug-likeness (QED) is 0.770. The fourth-order valence-electron chi connectivity index (χ4n) is 1.92. The first kappa shape index (κ1) is 15.7. The Kier molecular flexibility index (Phi) is 5.65. The van der Waals surface area contributed by atoms with Crippen LogP contribution in [-0.4, -0.2) is 23.2 Å². The van der Waals surface area contributed by atoms with E-state index in [0.717, 1.165) is 11.4 Å². The molecule has 22 heavy (non-hydrogen) atoms. The standard InChI is InChI=1S/C17H19N3O2/c1-13(21)14-5-7-15(8-6-14)19-11-9-17(22)20-12-16-4-2-3-10-18-16/h2-8,10,19H,9,11-12H2,1H3,(H,20,22). The van der Waals surface area contributed by atoms with Crippen molar-refractivity contribution in [2.75, 3.05) is 11.9 Å². The number of carbonyl (C=O) groups excluding carboxylic acids is 2. The second-order valence-corrected chi connectivity index (χ2v) is 4.91. The topological polar surface area (TPSA) is 71.1 Å². The largest absolute Gasteiger partial charge is 0.385 e. The number of hydrogen-bond donors (Lipinski definition) is 2. The SMILES string of the molecule is CC(=O)c1ccc(NCCC(=O)NCc2ccccn2)cc1. The molecule has 0 unspecified atom stereocenters. The van der Waals surface area contributed by atoms with Gasteiger partial charge in [-0.2, -0.15) is 0 Å². The van der Waals surface area contributed by atoms with E-state index in [0.29, 0.717) is 25.1 Å². The molecule has 2 aromatic rings. The van der Waals surface area contributed by atoms with E-state index in [1.807, 2.05) is 30.3 Å². The molecule has 2 rings (SSSR count). The normalized spacial score (nSPS) is 10.0. The molecule has 1 aromatic heterocycles. The van der Waals surface area contributed by atoms with Crippen LogP contribution in [0.1, 0.15) is 29.4 Å². The van der Waals surface area contributed by atoms with Crippen molar-refractivity contribution in [2.45, 2.75) is 19.9 Å². The molecule has 5 nitrogen and oxygen atoms in total. The second kappa shape index (κ2) is 7.93. The van der Waals surface area contributed by atoms with E-state index in [9.17, 15) is 9.59 Å². The third-order valence-electron chi connectivity index (χ3n) is 3.17. The molecule has 0 radical (unpaired) electrons. The Balaban J connectivity index is 1.69. The zero-order chi connectivity index (χ0) is 15.8. The van der Waals surface area contributed by atoms with Crippen LogP contribution in [0.2, 0.25) is 0 Å². The number of Topliss-reactive ketones (excluding diaryl/α,β-unsaturated/α-hetero) is 1. The molecule has 1 aromatic carbocycles. The molecule has 0 spiro atoms. The van der Waals surface area contributed by atoms with Crippen molar-refractivity contribution in [1.29, 1.82) is 0 Å². The smallest absolute Gasteiger partial charge is 0.222 e. The lowest BCUT2D eigenvalue weighted by Gasteiger charge is -2.07. The number of anilines is 1. The molecular weight excluding hydrogens is 278 g/mol. The molecule has 2 N–H and O–H groups in total. The van der Waals surface area contributed by atoms with Crippen molar-refractivity contribution < 1.29 is 9.59 Å². The average Bonchev–Trinajstić information content (AvgIpc) is 2.54. The van der Waals surface area contributed by atoms with Gasteiger partial charge in [-0.3, -0.25) is 14.6 Å². The summed E-state index contributed by atoms with van der Waals surface area (Å²) >= 11 is 0. The number of aromatic nitrogens is 1. The number of rotatable bonds is 7. The minimum absolute atomic E-state index is 0.0292. The van der Waals surface area contributed by atoms with Crippen LogP contribution in [0.3, 0.4) is 0 Å². The summed E-state index contributed by atoms with van der Waals surface area (Å²) in [4.78, 5) is 27.0. The van der Waals surface area contributed by atoms with Crippen LogP contribution in [0, 0.1) is 0 Å². The minimum Gasteiger partial charge on any atom is -0.385 e. The van der Waals surface area contributed by atoms with Gasteiger partial charge in [0.2, 0.25) is 5.91 Å². The predicted octanol–water partition coefficient (Wildman–Crippen LogP) is 2.40. The summed E-state index contributed by atoms with van der Waals surface area (Å²) in [5.74, 6) is 0.0129. The number of benzene rings is 1. The van der Waals surface area contributed by atoms with Crippen molar-refractivity contribution >= 4 is 17.4 Å². The number of amides is 1. The van der Waals surface area contributed by atoms with Crippen LogP contribution in [-0.2, 0) is 11.3 Å². The fourth-order valence-corrected chi connectivity index (χ4v) is 1.92. The van der Waals surface area contributed by atoms with E-state index in [2.05, 4.69) is 15.6 Å². The molecule has 0 aliphatic carbocycles. The molecule has 114 valence electrons. The highest BCUT2D eigenvalue weighted by Gasteiger charge is 2.02. The van der Waals surface area contributed by atoms with E-state index in [1.165, 1.54) is 6.92 Å².